The molecule has 2 aliphatic rings. The molecule has 2 unspecified atom stereocenters. The molecule has 1 nitrogen and oxygen atoms in total. The highest BCUT2D eigenvalue weighted by Crippen LogP contribution is 2.47. The number of rotatable bonds is 1. The molecule has 0 amide bonds. The quantitative estimate of drug-likeness (QED) is 0.547. The Balaban J connectivity index is 2.08. The van der Waals surface area contributed by atoms with Gasteiger partial charge in [-0.25, -0.2) is 0 Å². The molecule has 0 saturated heterocycles. The molecule has 2 fully saturated rings. The Bertz CT molecular complexity index is 160. The van der Waals surface area contributed by atoms with Gasteiger partial charge < -0.3 is 5.73 Å². The van der Waals surface area contributed by atoms with Gasteiger partial charge in [-0.3, -0.25) is 0 Å². The van der Waals surface area contributed by atoms with Gasteiger partial charge in [0.15, 0.2) is 0 Å². The first-order valence-electron chi connectivity index (χ1n) is 4.29. The molecule has 0 aromatic heterocycles. The van der Waals surface area contributed by atoms with Crippen LogP contribution in [0.3, 0.4) is 0 Å². The fourth-order valence-corrected chi connectivity index (χ4v) is 2.50. The second-order valence-electron chi connectivity index (χ2n) is 3.59. The maximum atomic E-state index is 5.46. The molecule has 2 N–H and O–H groups in total. The predicted octanol–water partition coefficient (Wildman–Crippen LogP) is 1.69. The van der Waals surface area contributed by atoms with Crippen molar-refractivity contribution in [2.45, 2.75) is 25.7 Å². The van der Waals surface area contributed by atoms with Gasteiger partial charge in [0, 0.05) is 6.54 Å². The lowest BCUT2D eigenvalue weighted by molar-refractivity contribution is 0.560. The van der Waals surface area contributed by atoms with Gasteiger partial charge in [0.1, 0.15) is 0 Å². The Morgan fingerprint density at radius 1 is 1.50 bits per heavy atom. The molecule has 0 aliphatic heterocycles. The van der Waals surface area contributed by atoms with Crippen LogP contribution in [0.25, 0.3) is 0 Å². The van der Waals surface area contributed by atoms with Crippen LogP contribution in [0.2, 0.25) is 0 Å². The van der Waals surface area contributed by atoms with E-state index in [0.717, 1.165) is 18.4 Å². The van der Waals surface area contributed by atoms with E-state index in [1.165, 1.54) is 25.7 Å². The van der Waals surface area contributed by atoms with E-state index in [2.05, 4.69) is 6.08 Å². The lowest BCUT2D eigenvalue weighted by Crippen LogP contribution is -2.02. The van der Waals surface area contributed by atoms with Gasteiger partial charge in [-0.2, -0.15) is 0 Å². The van der Waals surface area contributed by atoms with Gasteiger partial charge in [-0.05, 0) is 37.5 Å². The monoisotopic (exact) mass is 137 g/mol. The zero-order valence-electron chi connectivity index (χ0n) is 6.34. The van der Waals surface area contributed by atoms with Crippen LogP contribution in [0.15, 0.2) is 11.6 Å². The minimum Gasteiger partial charge on any atom is -0.327 e. The molecule has 0 heterocycles. The number of fused-ring (bicyclic) bond motifs is 2. The van der Waals surface area contributed by atoms with E-state index in [0.29, 0.717) is 0 Å². The first-order chi connectivity index (χ1) is 4.90. The van der Waals surface area contributed by atoms with E-state index in [4.69, 9.17) is 5.73 Å². The number of allylic oxidation sites excluding steroid dienone is 1. The minimum atomic E-state index is 0.749. The van der Waals surface area contributed by atoms with Crippen molar-refractivity contribution < 1.29 is 0 Å². The minimum absolute atomic E-state index is 0.749. The second kappa shape index (κ2) is 2.39. The maximum absolute atomic E-state index is 5.46. The van der Waals surface area contributed by atoms with Crippen molar-refractivity contribution in [2.24, 2.45) is 17.6 Å². The third-order valence-electron chi connectivity index (χ3n) is 2.97. The van der Waals surface area contributed by atoms with E-state index < -0.39 is 0 Å². The summed E-state index contributed by atoms with van der Waals surface area (Å²) >= 11 is 0. The van der Waals surface area contributed by atoms with Crippen LogP contribution < -0.4 is 5.73 Å². The topological polar surface area (TPSA) is 26.0 Å². The Hall–Kier alpha value is -0.300. The third-order valence-corrected chi connectivity index (χ3v) is 2.97. The van der Waals surface area contributed by atoms with E-state index in [1.807, 2.05) is 0 Å². The van der Waals surface area contributed by atoms with Crippen molar-refractivity contribution >= 4 is 0 Å². The SMILES string of the molecule is NC/C=C1\CC2CCC1C2. The molecular formula is C9H15N. The average molecular weight is 137 g/mol. The zero-order valence-corrected chi connectivity index (χ0v) is 6.34. The molecule has 0 radical (unpaired) electrons. The van der Waals surface area contributed by atoms with Gasteiger partial charge in [0.25, 0.3) is 0 Å². The van der Waals surface area contributed by atoms with Crippen molar-refractivity contribution in [3.05, 3.63) is 11.6 Å². The highest BCUT2D eigenvalue weighted by molar-refractivity contribution is 5.16. The van der Waals surface area contributed by atoms with Gasteiger partial charge in [-0.15, -0.1) is 0 Å². The van der Waals surface area contributed by atoms with E-state index in [-0.39, 0.29) is 0 Å². The summed E-state index contributed by atoms with van der Waals surface area (Å²) in [4.78, 5) is 0. The first kappa shape index (κ1) is 6.41. The fourth-order valence-electron chi connectivity index (χ4n) is 2.50. The Labute approximate surface area is 62.3 Å². The van der Waals surface area contributed by atoms with Crippen LogP contribution in [0.5, 0.6) is 0 Å². The summed E-state index contributed by atoms with van der Waals surface area (Å²) in [6.07, 6.45) is 7.99. The molecule has 0 spiro atoms. The van der Waals surface area contributed by atoms with Gasteiger partial charge >= 0.3 is 0 Å². The normalized spacial score (nSPS) is 41.5. The van der Waals surface area contributed by atoms with E-state index in [1.54, 1.807) is 5.57 Å². The second-order valence-corrected chi connectivity index (χ2v) is 3.59. The van der Waals surface area contributed by atoms with Crippen LogP contribution in [0.4, 0.5) is 0 Å². The first-order valence-corrected chi connectivity index (χ1v) is 4.29. The summed E-state index contributed by atoms with van der Waals surface area (Å²) in [7, 11) is 0. The van der Waals surface area contributed by atoms with Crippen molar-refractivity contribution in [1.82, 2.24) is 0 Å². The standard InChI is InChI=1S/C9H15N/c10-4-3-9-6-7-1-2-8(9)5-7/h3,7-8H,1-2,4-6,10H2/b9-3+. The van der Waals surface area contributed by atoms with Crippen molar-refractivity contribution in [1.29, 1.82) is 0 Å². The molecule has 56 valence electrons. The Morgan fingerprint density at radius 3 is 2.90 bits per heavy atom. The van der Waals surface area contributed by atoms with Gasteiger partial charge in [0.2, 0.25) is 0 Å². The molecular weight excluding hydrogens is 122 g/mol. The number of hydrogen-bond acceptors (Lipinski definition) is 1. The van der Waals surface area contributed by atoms with Crippen LogP contribution in [-0.4, -0.2) is 6.54 Å². The molecule has 10 heavy (non-hydrogen) atoms. The molecule has 2 rings (SSSR count). The summed E-state index contributed by atoms with van der Waals surface area (Å²) in [5.41, 5.74) is 7.13. The smallest absolute Gasteiger partial charge is 0.0109 e. The lowest BCUT2D eigenvalue weighted by atomic mass is 9.95. The Morgan fingerprint density at radius 2 is 2.40 bits per heavy atom. The average Bonchev–Trinajstić information content (AvgIpc) is 2.48. The molecule has 2 bridgehead atoms. The maximum Gasteiger partial charge on any atom is 0.0109 e. The van der Waals surface area contributed by atoms with E-state index in [9.17, 15) is 0 Å². The van der Waals surface area contributed by atoms with Crippen molar-refractivity contribution in [3.63, 3.8) is 0 Å². The van der Waals surface area contributed by atoms with Crippen LogP contribution in [0.1, 0.15) is 25.7 Å². The summed E-state index contributed by atoms with van der Waals surface area (Å²) < 4.78 is 0. The molecule has 0 aromatic rings. The Kier molecular flexibility index (Phi) is 1.53. The van der Waals surface area contributed by atoms with Gasteiger partial charge in [-0.1, -0.05) is 11.6 Å². The van der Waals surface area contributed by atoms with Crippen molar-refractivity contribution in [3.8, 4) is 0 Å². The third kappa shape index (κ3) is 0.891. The molecule has 2 atom stereocenters. The lowest BCUT2D eigenvalue weighted by Gasteiger charge is -2.12. The summed E-state index contributed by atoms with van der Waals surface area (Å²) in [5.74, 6) is 1.97. The van der Waals surface area contributed by atoms with Gasteiger partial charge in [0.05, 0.1) is 0 Å². The zero-order chi connectivity index (χ0) is 6.97. The summed E-state index contributed by atoms with van der Waals surface area (Å²) in [6.45, 7) is 0.749. The van der Waals surface area contributed by atoms with Crippen molar-refractivity contribution in [2.75, 3.05) is 6.54 Å². The highest BCUT2D eigenvalue weighted by atomic mass is 14.5. The van der Waals surface area contributed by atoms with Crippen LogP contribution in [-0.2, 0) is 0 Å². The number of hydrogen-bond donors (Lipinski definition) is 1. The highest BCUT2D eigenvalue weighted by Gasteiger charge is 2.34. The molecule has 0 aromatic carbocycles. The van der Waals surface area contributed by atoms with Crippen LogP contribution >= 0.6 is 0 Å². The fraction of sp³-hybridized carbons (Fsp3) is 0.778. The largest absolute Gasteiger partial charge is 0.327 e. The van der Waals surface area contributed by atoms with E-state index >= 15 is 0 Å². The number of nitrogens with two attached hydrogens (primary N) is 1. The van der Waals surface area contributed by atoms with Crippen LogP contribution in [0, 0.1) is 11.8 Å². The molecule has 1 heteroatoms. The molecule has 2 saturated carbocycles. The summed E-state index contributed by atoms with van der Waals surface area (Å²) in [5, 5.41) is 0. The summed E-state index contributed by atoms with van der Waals surface area (Å²) in [6, 6.07) is 0. The molecule has 2 aliphatic carbocycles. The predicted molar refractivity (Wildman–Crippen MR) is 42.6 cm³/mol.